The lowest BCUT2D eigenvalue weighted by atomic mass is 9.62. The van der Waals surface area contributed by atoms with Crippen LogP contribution in [-0.2, 0) is 23.9 Å². The summed E-state index contributed by atoms with van der Waals surface area (Å²) in [4.78, 5) is 45.2. The van der Waals surface area contributed by atoms with Gasteiger partial charge in [0.15, 0.2) is 0 Å². The number of ether oxygens (including phenoxy) is 2. The van der Waals surface area contributed by atoms with Gasteiger partial charge in [0.05, 0.1) is 24.2 Å². The molecule has 3 aliphatic heterocycles. The highest BCUT2D eigenvalue weighted by atomic mass is 16.6. The van der Waals surface area contributed by atoms with Crippen molar-refractivity contribution in [3.63, 3.8) is 0 Å². The average Bonchev–Trinajstić information content (AvgIpc) is 3.37. The maximum atomic E-state index is 14.3. The van der Waals surface area contributed by atoms with Gasteiger partial charge in [-0.05, 0) is 31.6 Å². The van der Waals surface area contributed by atoms with E-state index in [9.17, 15) is 19.5 Å². The van der Waals surface area contributed by atoms with Crippen LogP contribution in [0.25, 0.3) is 0 Å². The minimum absolute atomic E-state index is 0.0377. The molecule has 8 nitrogen and oxygen atoms in total. The topological polar surface area (TPSA) is 96.4 Å². The van der Waals surface area contributed by atoms with E-state index in [0.29, 0.717) is 19.5 Å². The lowest BCUT2D eigenvalue weighted by Crippen LogP contribution is -2.60. The number of amides is 2. The highest BCUT2D eigenvalue weighted by Gasteiger charge is 2.80. The van der Waals surface area contributed by atoms with Crippen molar-refractivity contribution in [1.29, 1.82) is 0 Å². The Labute approximate surface area is 215 Å². The molecule has 0 aromatic carbocycles. The van der Waals surface area contributed by atoms with Gasteiger partial charge in [0.1, 0.15) is 24.2 Å². The third kappa shape index (κ3) is 4.30. The molecule has 0 aromatic rings. The smallest absolute Gasteiger partial charge is 0.313 e. The van der Waals surface area contributed by atoms with Gasteiger partial charge >= 0.3 is 5.97 Å². The Balaban J connectivity index is 2.16. The highest BCUT2D eigenvalue weighted by Crippen LogP contribution is 2.65. The molecule has 3 rings (SSSR count). The number of nitrogens with zero attached hydrogens (tertiary/aromatic N) is 2. The van der Waals surface area contributed by atoms with E-state index in [1.807, 2.05) is 27.7 Å². The van der Waals surface area contributed by atoms with Gasteiger partial charge in [0, 0.05) is 13.1 Å². The zero-order valence-corrected chi connectivity index (χ0v) is 22.6. The van der Waals surface area contributed by atoms with Gasteiger partial charge in [-0.25, -0.2) is 0 Å². The van der Waals surface area contributed by atoms with Crippen LogP contribution < -0.4 is 0 Å². The first-order chi connectivity index (χ1) is 17.1. The summed E-state index contributed by atoms with van der Waals surface area (Å²) in [5.74, 6) is -2.83. The summed E-state index contributed by atoms with van der Waals surface area (Å²) < 4.78 is 12.2. The second-order valence-corrected chi connectivity index (χ2v) is 10.9. The number of fused-ring (bicyclic) bond motifs is 1. The van der Waals surface area contributed by atoms with E-state index in [-0.39, 0.29) is 36.9 Å². The fourth-order valence-electron chi connectivity index (χ4n) is 6.69. The van der Waals surface area contributed by atoms with Crippen molar-refractivity contribution in [1.82, 2.24) is 9.80 Å². The predicted octanol–water partition coefficient (Wildman–Crippen LogP) is 2.95. The fraction of sp³-hybridized carbons (Fsp3) is 0.750. The van der Waals surface area contributed by atoms with Gasteiger partial charge in [0.25, 0.3) is 0 Å². The minimum atomic E-state index is -1.16. The Kier molecular flexibility index (Phi) is 8.71. The van der Waals surface area contributed by atoms with Crippen LogP contribution in [0, 0.1) is 23.7 Å². The SMILES string of the molecule is C=CCOC(=O)[C@H]1[C@H]2C(=O)N([C@@H](CO)[C@@H](C)CC)C(C(=O)N(CC=C)CCCC)C23CC(C)[C@]1(C)O3. The first-order valence-corrected chi connectivity index (χ1v) is 13.4. The van der Waals surface area contributed by atoms with Gasteiger partial charge in [-0.2, -0.15) is 0 Å². The normalized spacial score (nSPS) is 34.3. The fourth-order valence-corrected chi connectivity index (χ4v) is 6.69. The van der Waals surface area contributed by atoms with Crippen molar-refractivity contribution < 1.29 is 29.0 Å². The van der Waals surface area contributed by atoms with Crippen LogP contribution in [0.4, 0.5) is 0 Å². The molecule has 8 heteroatoms. The van der Waals surface area contributed by atoms with E-state index in [4.69, 9.17) is 9.47 Å². The summed E-state index contributed by atoms with van der Waals surface area (Å²) in [6, 6.07) is -1.50. The van der Waals surface area contributed by atoms with Crippen LogP contribution in [0.1, 0.15) is 60.3 Å². The molecule has 0 aliphatic carbocycles. The molecule has 1 N–H and O–H groups in total. The van der Waals surface area contributed by atoms with E-state index in [2.05, 4.69) is 20.1 Å². The number of carbonyl (C=O) groups is 3. The van der Waals surface area contributed by atoms with Gasteiger partial charge in [0.2, 0.25) is 11.8 Å². The van der Waals surface area contributed by atoms with E-state index in [0.717, 1.165) is 19.3 Å². The van der Waals surface area contributed by atoms with Crippen molar-refractivity contribution >= 4 is 17.8 Å². The molecule has 3 aliphatic rings. The van der Waals surface area contributed by atoms with E-state index < -0.39 is 41.1 Å². The van der Waals surface area contributed by atoms with Crippen LogP contribution in [-0.4, -0.2) is 82.3 Å². The molecule has 3 saturated heterocycles. The predicted molar refractivity (Wildman–Crippen MR) is 137 cm³/mol. The number of esters is 1. The third-order valence-corrected chi connectivity index (χ3v) is 8.87. The summed E-state index contributed by atoms with van der Waals surface area (Å²) in [6.45, 7) is 18.0. The molecule has 8 atom stereocenters. The van der Waals surface area contributed by atoms with Gasteiger partial charge in [-0.3, -0.25) is 14.4 Å². The van der Waals surface area contributed by atoms with Crippen molar-refractivity contribution in [2.75, 3.05) is 26.3 Å². The molecular formula is C28H44N2O6. The van der Waals surface area contributed by atoms with E-state index in [1.54, 1.807) is 15.9 Å². The Morgan fingerprint density at radius 1 is 1.33 bits per heavy atom. The lowest BCUT2D eigenvalue weighted by molar-refractivity contribution is -0.163. The lowest BCUT2D eigenvalue weighted by Gasteiger charge is -2.41. The third-order valence-electron chi connectivity index (χ3n) is 8.87. The van der Waals surface area contributed by atoms with E-state index in [1.165, 1.54) is 6.08 Å². The second-order valence-electron chi connectivity index (χ2n) is 10.9. The molecule has 3 heterocycles. The standard InChI is InChI=1S/C28H44N2O6/c1-8-12-14-29(13-9-2)25(33)23-28-16-19(6)27(7,36-28)22(26(34)35-15-10-3)21(28)24(32)30(23)20(17-31)18(5)11-4/h9-10,18-23,31H,2-3,8,11-17H2,1,4-7H3/t18-,19?,20-,21-,22+,23?,27-,28?/m0/s1. The monoisotopic (exact) mass is 504 g/mol. The summed E-state index contributed by atoms with van der Waals surface area (Å²) in [7, 11) is 0. The number of aliphatic hydroxyl groups is 1. The maximum absolute atomic E-state index is 14.3. The first kappa shape index (κ1) is 28.4. The molecule has 2 bridgehead atoms. The number of unbranched alkanes of at least 4 members (excludes halogenated alkanes) is 1. The molecular weight excluding hydrogens is 460 g/mol. The molecule has 3 fully saturated rings. The number of rotatable bonds is 13. The number of hydrogen-bond donors (Lipinski definition) is 1. The Morgan fingerprint density at radius 3 is 2.58 bits per heavy atom. The zero-order chi connectivity index (χ0) is 26.8. The Bertz CT molecular complexity index is 876. The summed E-state index contributed by atoms with van der Waals surface area (Å²) >= 11 is 0. The highest BCUT2D eigenvalue weighted by molar-refractivity contribution is 5.98. The minimum Gasteiger partial charge on any atom is -0.461 e. The molecule has 3 unspecified atom stereocenters. The number of likely N-dealkylation sites (tertiary alicyclic amines) is 1. The van der Waals surface area contributed by atoms with Crippen LogP contribution in [0.15, 0.2) is 25.3 Å². The van der Waals surface area contributed by atoms with Crippen molar-refractivity contribution in [3.8, 4) is 0 Å². The van der Waals surface area contributed by atoms with Crippen molar-refractivity contribution in [2.45, 2.75) is 83.6 Å². The quantitative estimate of drug-likeness (QED) is 0.306. The zero-order valence-electron chi connectivity index (χ0n) is 22.6. The van der Waals surface area contributed by atoms with E-state index >= 15 is 0 Å². The van der Waals surface area contributed by atoms with Crippen LogP contribution in [0.2, 0.25) is 0 Å². The number of hydrogen-bond acceptors (Lipinski definition) is 6. The van der Waals surface area contributed by atoms with Crippen LogP contribution in [0.5, 0.6) is 0 Å². The van der Waals surface area contributed by atoms with Crippen molar-refractivity contribution in [2.24, 2.45) is 23.7 Å². The molecule has 0 aromatic heterocycles. The maximum Gasteiger partial charge on any atom is 0.313 e. The van der Waals surface area contributed by atoms with Crippen LogP contribution in [0.3, 0.4) is 0 Å². The van der Waals surface area contributed by atoms with Crippen LogP contribution >= 0.6 is 0 Å². The summed E-state index contributed by atoms with van der Waals surface area (Å²) in [5, 5.41) is 10.4. The summed E-state index contributed by atoms with van der Waals surface area (Å²) in [5.41, 5.74) is -2.09. The average molecular weight is 505 g/mol. The van der Waals surface area contributed by atoms with Gasteiger partial charge in [-0.15, -0.1) is 6.58 Å². The molecule has 1 spiro atoms. The Hall–Kier alpha value is -2.19. The molecule has 36 heavy (non-hydrogen) atoms. The second kappa shape index (κ2) is 11.1. The first-order valence-electron chi connectivity index (χ1n) is 13.4. The largest absolute Gasteiger partial charge is 0.461 e. The molecule has 202 valence electrons. The van der Waals surface area contributed by atoms with Gasteiger partial charge in [-0.1, -0.05) is 59.3 Å². The Morgan fingerprint density at radius 2 is 2.03 bits per heavy atom. The summed E-state index contributed by atoms with van der Waals surface area (Å²) in [6.07, 6.45) is 6.11. The molecule has 0 radical (unpaired) electrons. The number of carbonyl (C=O) groups excluding carboxylic acids is 3. The number of aliphatic hydroxyl groups excluding tert-OH is 1. The van der Waals surface area contributed by atoms with Crippen molar-refractivity contribution in [3.05, 3.63) is 25.3 Å². The molecule has 2 amide bonds. The van der Waals surface area contributed by atoms with Gasteiger partial charge < -0.3 is 24.4 Å². The molecule has 0 saturated carbocycles.